The van der Waals surface area contributed by atoms with Gasteiger partial charge in [-0.2, -0.15) is 13.2 Å². The molecule has 0 unspecified atom stereocenters. The molecule has 0 spiro atoms. The third-order valence-electron chi connectivity index (χ3n) is 3.47. The second-order valence-electron chi connectivity index (χ2n) is 5.05. The van der Waals surface area contributed by atoms with Crippen LogP contribution in [0.3, 0.4) is 0 Å². The van der Waals surface area contributed by atoms with Gasteiger partial charge in [0, 0.05) is 17.2 Å². The van der Waals surface area contributed by atoms with E-state index in [1.54, 1.807) is 24.3 Å². The molecule has 1 atom stereocenters. The van der Waals surface area contributed by atoms with E-state index in [2.05, 4.69) is 0 Å². The largest absolute Gasteiger partial charge is 0.416 e. The van der Waals surface area contributed by atoms with Gasteiger partial charge in [0.05, 0.1) is 5.56 Å². The summed E-state index contributed by atoms with van der Waals surface area (Å²) >= 11 is 0. The van der Waals surface area contributed by atoms with Crippen LogP contribution in [0.1, 0.15) is 46.4 Å². The molecule has 2 nitrogen and oxygen atoms in total. The Morgan fingerprint density at radius 2 is 1.68 bits per heavy atom. The van der Waals surface area contributed by atoms with E-state index in [4.69, 9.17) is 5.73 Å². The van der Waals surface area contributed by atoms with Crippen molar-refractivity contribution in [3.05, 3.63) is 70.8 Å². The van der Waals surface area contributed by atoms with E-state index in [1.807, 2.05) is 6.92 Å². The number of hydrogen-bond acceptors (Lipinski definition) is 2. The Balaban J connectivity index is 2.36. The molecule has 5 heteroatoms. The molecule has 22 heavy (non-hydrogen) atoms. The summed E-state index contributed by atoms with van der Waals surface area (Å²) in [4.78, 5) is 12.4. The van der Waals surface area contributed by atoms with Crippen molar-refractivity contribution in [2.75, 3.05) is 0 Å². The lowest BCUT2D eigenvalue weighted by Crippen LogP contribution is -2.11. The second-order valence-corrected chi connectivity index (χ2v) is 5.05. The molecule has 0 aliphatic rings. The molecule has 2 rings (SSSR count). The molecule has 0 aliphatic carbocycles. The van der Waals surface area contributed by atoms with Crippen molar-refractivity contribution in [3.63, 3.8) is 0 Å². The van der Waals surface area contributed by atoms with Gasteiger partial charge >= 0.3 is 6.18 Å². The Morgan fingerprint density at radius 1 is 1.09 bits per heavy atom. The van der Waals surface area contributed by atoms with Crippen LogP contribution in [0.2, 0.25) is 0 Å². The van der Waals surface area contributed by atoms with E-state index in [1.165, 1.54) is 12.1 Å². The highest BCUT2D eigenvalue weighted by Crippen LogP contribution is 2.30. The van der Waals surface area contributed by atoms with Crippen molar-refractivity contribution >= 4 is 5.78 Å². The van der Waals surface area contributed by atoms with Crippen molar-refractivity contribution in [1.29, 1.82) is 0 Å². The van der Waals surface area contributed by atoms with Crippen LogP contribution in [0.5, 0.6) is 0 Å². The molecule has 0 bridgehead atoms. The van der Waals surface area contributed by atoms with Crippen LogP contribution in [0.4, 0.5) is 13.2 Å². The first kappa shape index (κ1) is 16.2. The molecule has 2 aromatic carbocycles. The molecule has 0 heterocycles. The van der Waals surface area contributed by atoms with Gasteiger partial charge in [-0.05, 0) is 30.2 Å². The summed E-state index contributed by atoms with van der Waals surface area (Å²) in [5.74, 6) is -0.448. The average Bonchev–Trinajstić information content (AvgIpc) is 2.53. The molecule has 0 saturated carbocycles. The standard InChI is InChI=1S/C17H16F3NO/c1-2-15(21)11-5-3-6-12(9-11)16(22)13-7-4-8-14(10-13)17(18,19)20/h3-10,15H,2,21H2,1H3/t15-/m1/s1. The molecular formula is C17H16F3NO. The number of carbonyl (C=O) groups is 1. The summed E-state index contributed by atoms with van der Waals surface area (Å²) in [5.41, 5.74) is 6.23. The topological polar surface area (TPSA) is 43.1 Å². The Bertz CT molecular complexity index is 680. The van der Waals surface area contributed by atoms with Gasteiger partial charge in [0.25, 0.3) is 0 Å². The maximum absolute atomic E-state index is 12.7. The lowest BCUT2D eigenvalue weighted by molar-refractivity contribution is -0.137. The van der Waals surface area contributed by atoms with Crippen LogP contribution >= 0.6 is 0 Å². The first-order valence-corrected chi connectivity index (χ1v) is 6.90. The predicted octanol–water partition coefficient (Wildman–Crippen LogP) is 4.35. The third kappa shape index (κ3) is 3.54. The highest BCUT2D eigenvalue weighted by Gasteiger charge is 2.31. The third-order valence-corrected chi connectivity index (χ3v) is 3.47. The highest BCUT2D eigenvalue weighted by atomic mass is 19.4. The molecule has 116 valence electrons. The number of carbonyl (C=O) groups excluding carboxylic acids is 1. The Labute approximate surface area is 126 Å². The van der Waals surface area contributed by atoms with Crippen molar-refractivity contribution in [3.8, 4) is 0 Å². The summed E-state index contributed by atoms with van der Waals surface area (Å²) in [6, 6.07) is 10.9. The number of benzene rings is 2. The van der Waals surface area contributed by atoms with E-state index in [0.29, 0.717) is 12.0 Å². The lowest BCUT2D eigenvalue weighted by Gasteiger charge is -2.11. The van der Waals surface area contributed by atoms with Crippen LogP contribution in [0, 0.1) is 0 Å². The summed E-state index contributed by atoms with van der Waals surface area (Å²) < 4.78 is 38.2. The summed E-state index contributed by atoms with van der Waals surface area (Å²) in [5, 5.41) is 0. The average molecular weight is 307 g/mol. The van der Waals surface area contributed by atoms with Gasteiger partial charge in [-0.1, -0.05) is 37.3 Å². The van der Waals surface area contributed by atoms with Crippen LogP contribution in [-0.4, -0.2) is 5.78 Å². The number of halogens is 3. The van der Waals surface area contributed by atoms with Crippen molar-refractivity contribution < 1.29 is 18.0 Å². The summed E-state index contributed by atoms with van der Waals surface area (Å²) in [7, 11) is 0. The molecule has 0 fully saturated rings. The molecule has 0 amide bonds. The normalized spacial score (nSPS) is 13.0. The molecule has 0 saturated heterocycles. The first-order chi connectivity index (χ1) is 10.3. The monoisotopic (exact) mass is 307 g/mol. The zero-order valence-electron chi connectivity index (χ0n) is 12.0. The fourth-order valence-corrected chi connectivity index (χ4v) is 2.15. The van der Waals surface area contributed by atoms with E-state index in [-0.39, 0.29) is 11.6 Å². The number of hydrogen-bond donors (Lipinski definition) is 1. The van der Waals surface area contributed by atoms with E-state index in [0.717, 1.165) is 17.7 Å². The quantitative estimate of drug-likeness (QED) is 0.854. The van der Waals surface area contributed by atoms with Gasteiger partial charge in [-0.15, -0.1) is 0 Å². The maximum atomic E-state index is 12.7. The van der Waals surface area contributed by atoms with Crippen LogP contribution in [-0.2, 0) is 6.18 Å². The second kappa shape index (κ2) is 6.32. The zero-order valence-corrected chi connectivity index (χ0v) is 12.0. The van der Waals surface area contributed by atoms with Crippen molar-refractivity contribution in [2.45, 2.75) is 25.6 Å². The Morgan fingerprint density at radius 3 is 2.27 bits per heavy atom. The van der Waals surface area contributed by atoms with Crippen molar-refractivity contribution in [2.24, 2.45) is 5.73 Å². The highest BCUT2D eigenvalue weighted by molar-refractivity contribution is 6.09. The van der Waals surface area contributed by atoms with Gasteiger partial charge in [0.1, 0.15) is 0 Å². The van der Waals surface area contributed by atoms with Crippen LogP contribution < -0.4 is 5.73 Å². The molecule has 0 radical (unpaired) electrons. The van der Waals surface area contributed by atoms with Gasteiger partial charge < -0.3 is 5.73 Å². The fourth-order valence-electron chi connectivity index (χ4n) is 2.15. The Hall–Kier alpha value is -2.14. The van der Waals surface area contributed by atoms with Gasteiger partial charge in [-0.3, -0.25) is 4.79 Å². The van der Waals surface area contributed by atoms with Gasteiger partial charge in [-0.25, -0.2) is 0 Å². The summed E-state index contributed by atoms with van der Waals surface area (Å²) in [6.45, 7) is 1.92. The predicted molar refractivity (Wildman–Crippen MR) is 78.5 cm³/mol. The van der Waals surface area contributed by atoms with Crippen LogP contribution in [0.15, 0.2) is 48.5 Å². The molecular weight excluding hydrogens is 291 g/mol. The maximum Gasteiger partial charge on any atom is 0.416 e. The van der Waals surface area contributed by atoms with Crippen LogP contribution in [0.25, 0.3) is 0 Å². The zero-order chi connectivity index (χ0) is 16.3. The number of nitrogens with two attached hydrogens (primary N) is 1. The lowest BCUT2D eigenvalue weighted by atomic mass is 9.97. The molecule has 2 aromatic rings. The van der Waals surface area contributed by atoms with E-state index in [9.17, 15) is 18.0 Å². The van der Waals surface area contributed by atoms with Gasteiger partial charge in [0.15, 0.2) is 5.78 Å². The minimum Gasteiger partial charge on any atom is -0.324 e. The van der Waals surface area contributed by atoms with Crippen molar-refractivity contribution in [1.82, 2.24) is 0 Å². The molecule has 0 aliphatic heterocycles. The SMILES string of the molecule is CC[C@@H](N)c1cccc(C(=O)c2cccc(C(F)(F)F)c2)c1. The Kier molecular flexibility index (Phi) is 4.66. The number of alkyl halides is 3. The van der Waals surface area contributed by atoms with E-state index >= 15 is 0 Å². The van der Waals surface area contributed by atoms with Gasteiger partial charge in [0.2, 0.25) is 0 Å². The summed E-state index contributed by atoms with van der Waals surface area (Å²) in [6.07, 6.45) is -3.76. The smallest absolute Gasteiger partial charge is 0.324 e. The number of ketones is 1. The van der Waals surface area contributed by atoms with E-state index < -0.39 is 17.5 Å². The first-order valence-electron chi connectivity index (χ1n) is 6.90. The molecule has 2 N–H and O–H groups in total. The fraction of sp³-hybridized carbons (Fsp3) is 0.235. The minimum atomic E-state index is -4.47. The number of rotatable bonds is 4. The molecule has 0 aromatic heterocycles. The minimum absolute atomic E-state index is 0.0112.